The summed E-state index contributed by atoms with van der Waals surface area (Å²) in [4.78, 5) is 27.1. The molecule has 6 rings (SSSR count). The molecule has 1 N–H and O–H groups in total. The largest absolute Gasteiger partial charge is 0.495 e. The van der Waals surface area contributed by atoms with Crippen LogP contribution >= 0.6 is 0 Å². The van der Waals surface area contributed by atoms with Crippen molar-refractivity contribution in [2.45, 2.75) is 56.5 Å². The van der Waals surface area contributed by atoms with Crippen LogP contribution in [0.5, 0.6) is 5.75 Å². The molecule has 1 atom stereocenters. The molecule has 26 heavy (non-hydrogen) atoms. The van der Waals surface area contributed by atoms with Crippen LogP contribution in [0.25, 0.3) is 0 Å². The Morgan fingerprint density at radius 3 is 2.27 bits per heavy atom. The molecule has 0 unspecified atom stereocenters. The van der Waals surface area contributed by atoms with Crippen LogP contribution < -0.4 is 15.0 Å². The lowest BCUT2D eigenvalue weighted by atomic mass is 9.53. The van der Waals surface area contributed by atoms with Gasteiger partial charge in [-0.1, -0.05) is 12.1 Å². The number of methoxy groups -OCH3 is 1. The summed E-state index contributed by atoms with van der Waals surface area (Å²) in [5.74, 6) is 2.73. The first kappa shape index (κ1) is 16.3. The molecule has 1 heterocycles. The number of benzene rings is 1. The SMILES string of the molecule is COc1ccccc1N1C(=O)C[C@H](NC23CC4CC(CC(C4)C2)C3)C1=O. The molecular formula is C21H26N2O3. The average molecular weight is 354 g/mol. The topological polar surface area (TPSA) is 58.6 Å². The number of imide groups is 1. The molecule has 1 aliphatic heterocycles. The van der Waals surface area contributed by atoms with Gasteiger partial charge in [0.1, 0.15) is 5.75 Å². The Labute approximate surface area is 154 Å². The average Bonchev–Trinajstić information content (AvgIpc) is 2.86. The predicted octanol–water partition coefficient (Wildman–Crippen LogP) is 2.89. The summed E-state index contributed by atoms with van der Waals surface area (Å²) in [6.45, 7) is 0. The Morgan fingerprint density at radius 1 is 1.04 bits per heavy atom. The number of nitrogens with zero attached hydrogens (tertiary/aromatic N) is 1. The van der Waals surface area contributed by atoms with Gasteiger partial charge >= 0.3 is 0 Å². The van der Waals surface area contributed by atoms with Gasteiger partial charge in [-0.2, -0.15) is 0 Å². The lowest BCUT2D eigenvalue weighted by Gasteiger charge is -2.57. The minimum absolute atomic E-state index is 0.0755. The normalized spacial score (nSPS) is 38.3. The van der Waals surface area contributed by atoms with Gasteiger partial charge < -0.3 is 4.74 Å². The van der Waals surface area contributed by atoms with E-state index in [1.54, 1.807) is 19.2 Å². The molecule has 138 valence electrons. The molecule has 0 radical (unpaired) electrons. The number of ether oxygens (including phenoxy) is 1. The van der Waals surface area contributed by atoms with E-state index in [4.69, 9.17) is 4.74 Å². The molecule has 4 saturated carbocycles. The fourth-order valence-electron chi connectivity index (χ4n) is 6.47. The van der Waals surface area contributed by atoms with Crippen LogP contribution in [0.3, 0.4) is 0 Å². The third-order valence-corrected chi connectivity index (χ3v) is 6.99. The zero-order valence-electron chi connectivity index (χ0n) is 15.2. The molecule has 1 aromatic rings. The van der Waals surface area contributed by atoms with Crippen molar-refractivity contribution in [2.24, 2.45) is 17.8 Å². The number of para-hydroxylation sites is 2. The van der Waals surface area contributed by atoms with Crippen molar-refractivity contribution in [2.75, 3.05) is 12.0 Å². The fourth-order valence-corrected chi connectivity index (χ4v) is 6.47. The van der Waals surface area contributed by atoms with Gasteiger partial charge in [0.15, 0.2) is 0 Å². The Hall–Kier alpha value is -1.88. The molecule has 0 spiro atoms. The molecule has 2 amide bonds. The van der Waals surface area contributed by atoms with E-state index in [0.717, 1.165) is 17.8 Å². The number of anilines is 1. The Balaban J connectivity index is 1.39. The fraction of sp³-hybridized carbons (Fsp3) is 0.619. The van der Waals surface area contributed by atoms with Crippen molar-refractivity contribution < 1.29 is 14.3 Å². The van der Waals surface area contributed by atoms with Crippen molar-refractivity contribution in [3.05, 3.63) is 24.3 Å². The van der Waals surface area contributed by atoms with Crippen LogP contribution in [0.4, 0.5) is 5.69 Å². The smallest absolute Gasteiger partial charge is 0.251 e. The van der Waals surface area contributed by atoms with Crippen LogP contribution in [0.2, 0.25) is 0 Å². The molecule has 5 heteroatoms. The highest BCUT2D eigenvalue weighted by molar-refractivity contribution is 6.23. The van der Waals surface area contributed by atoms with Gasteiger partial charge in [0.25, 0.3) is 5.91 Å². The second-order valence-corrected chi connectivity index (χ2v) is 8.84. The molecule has 4 aliphatic carbocycles. The maximum absolute atomic E-state index is 13.1. The lowest BCUT2D eigenvalue weighted by Crippen LogP contribution is -2.61. The second kappa shape index (κ2) is 5.81. The van der Waals surface area contributed by atoms with E-state index in [9.17, 15) is 9.59 Å². The van der Waals surface area contributed by atoms with E-state index in [1.165, 1.54) is 43.4 Å². The van der Waals surface area contributed by atoms with Crippen LogP contribution in [0.15, 0.2) is 24.3 Å². The molecule has 1 aromatic carbocycles. The molecule has 1 saturated heterocycles. The first-order valence-electron chi connectivity index (χ1n) is 9.84. The van der Waals surface area contributed by atoms with E-state index >= 15 is 0 Å². The monoisotopic (exact) mass is 354 g/mol. The summed E-state index contributed by atoms with van der Waals surface area (Å²) in [7, 11) is 1.56. The van der Waals surface area contributed by atoms with Crippen molar-refractivity contribution in [3.8, 4) is 5.75 Å². The summed E-state index contributed by atoms with van der Waals surface area (Å²) >= 11 is 0. The van der Waals surface area contributed by atoms with Crippen molar-refractivity contribution >= 4 is 17.5 Å². The van der Waals surface area contributed by atoms with Gasteiger partial charge in [-0.25, -0.2) is 4.90 Å². The van der Waals surface area contributed by atoms with Crippen molar-refractivity contribution in [1.82, 2.24) is 5.32 Å². The van der Waals surface area contributed by atoms with Gasteiger partial charge in [0.05, 0.1) is 25.3 Å². The summed E-state index contributed by atoms with van der Waals surface area (Å²) in [6.07, 6.45) is 7.87. The van der Waals surface area contributed by atoms with Crippen LogP contribution in [0.1, 0.15) is 44.9 Å². The second-order valence-electron chi connectivity index (χ2n) is 8.84. The van der Waals surface area contributed by atoms with E-state index in [0.29, 0.717) is 11.4 Å². The molecule has 5 nitrogen and oxygen atoms in total. The number of hydrogen-bond acceptors (Lipinski definition) is 4. The van der Waals surface area contributed by atoms with Crippen molar-refractivity contribution in [1.29, 1.82) is 0 Å². The van der Waals surface area contributed by atoms with Gasteiger partial charge in [0.2, 0.25) is 5.91 Å². The third kappa shape index (κ3) is 2.48. The molecular weight excluding hydrogens is 328 g/mol. The standard InChI is InChI=1S/C21H26N2O3/c1-26-18-5-3-2-4-17(18)23-19(24)9-16(20(23)25)22-21-10-13-6-14(11-21)8-15(7-13)12-21/h2-5,13-16,22H,6-12H2,1H3/t13?,14?,15?,16-,21?/m0/s1. The summed E-state index contributed by atoms with van der Waals surface area (Å²) in [5, 5.41) is 3.69. The zero-order valence-corrected chi connectivity index (χ0v) is 15.2. The van der Waals surface area contributed by atoms with Gasteiger partial charge in [-0.05, 0) is 68.4 Å². The van der Waals surface area contributed by atoms with Crippen LogP contribution in [-0.4, -0.2) is 30.5 Å². The first-order chi connectivity index (χ1) is 12.6. The number of nitrogens with one attached hydrogen (secondary N) is 1. The lowest BCUT2D eigenvalue weighted by molar-refractivity contribution is -0.122. The minimum atomic E-state index is -0.399. The zero-order chi connectivity index (χ0) is 17.9. The van der Waals surface area contributed by atoms with E-state index in [2.05, 4.69) is 5.32 Å². The molecule has 4 bridgehead atoms. The molecule has 0 aromatic heterocycles. The maximum atomic E-state index is 13.1. The van der Waals surface area contributed by atoms with Crippen LogP contribution in [-0.2, 0) is 9.59 Å². The van der Waals surface area contributed by atoms with Crippen LogP contribution in [0, 0.1) is 17.8 Å². The Bertz CT molecular complexity index is 724. The molecule has 5 fully saturated rings. The minimum Gasteiger partial charge on any atom is -0.495 e. The summed E-state index contributed by atoms with van der Waals surface area (Å²) in [5.41, 5.74) is 0.631. The van der Waals surface area contributed by atoms with Gasteiger partial charge in [0, 0.05) is 5.54 Å². The first-order valence-corrected chi connectivity index (χ1v) is 9.84. The number of hydrogen-bond donors (Lipinski definition) is 1. The van der Waals surface area contributed by atoms with E-state index < -0.39 is 6.04 Å². The Kier molecular flexibility index (Phi) is 3.64. The van der Waals surface area contributed by atoms with E-state index in [1.807, 2.05) is 12.1 Å². The quantitative estimate of drug-likeness (QED) is 0.845. The number of rotatable bonds is 4. The third-order valence-electron chi connectivity index (χ3n) is 6.99. The number of carbonyl (C=O) groups excluding carboxylic acids is 2. The highest BCUT2D eigenvalue weighted by atomic mass is 16.5. The number of carbonyl (C=O) groups is 2. The Morgan fingerprint density at radius 2 is 1.65 bits per heavy atom. The van der Waals surface area contributed by atoms with Crippen molar-refractivity contribution in [3.63, 3.8) is 0 Å². The van der Waals surface area contributed by atoms with Gasteiger partial charge in [-0.15, -0.1) is 0 Å². The summed E-state index contributed by atoms with van der Waals surface area (Å²) < 4.78 is 5.36. The predicted molar refractivity (Wildman–Crippen MR) is 97.9 cm³/mol. The van der Waals surface area contributed by atoms with E-state index in [-0.39, 0.29) is 23.8 Å². The maximum Gasteiger partial charge on any atom is 0.251 e. The number of amides is 2. The van der Waals surface area contributed by atoms with Gasteiger partial charge in [-0.3, -0.25) is 14.9 Å². The highest BCUT2D eigenvalue weighted by Gasteiger charge is 2.53. The summed E-state index contributed by atoms with van der Waals surface area (Å²) in [6, 6.07) is 6.84. The highest BCUT2D eigenvalue weighted by Crippen LogP contribution is 2.56. The molecule has 5 aliphatic rings.